The van der Waals surface area contributed by atoms with Crippen molar-refractivity contribution in [2.45, 2.75) is 12.5 Å². The van der Waals surface area contributed by atoms with E-state index in [1.807, 2.05) is 0 Å². The molecular weight excluding hydrogens is 156 g/mol. The number of oxime groups is 1. The summed E-state index contributed by atoms with van der Waals surface area (Å²) in [6, 6.07) is 0. The van der Waals surface area contributed by atoms with Crippen LogP contribution in [0.1, 0.15) is 0 Å². The Morgan fingerprint density at radius 1 is 1.45 bits per heavy atom. The standard InChI is InChI=1S/C6H7F2NO2/c7-6(8)5-3-1-10-2-4(3)11-9-5/h3-4,6H,1-2H2/t3-,4+/m0/s1. The lowest BCUT2D eigenvalue weighted by molar-refractivity contribution is 0.0554. The first-order chi connectivity index (χ1) is 5.29. The van der Waals surface area contributed by atoms with Crippen LogP contribution in [0.15, 0.2) is 5.16 Å². The van der Waals surface area contributed by atoms with E-state index in [9.17, 15) is 8.78 Å². The van der Waals surface area contributed by atoms with Crippen molar-refractivity contribution in [2.75, 3.05) is 13.2 Å². The van der Waals surface area contributed by atoms with Gasteiger partial charge in [0.25, 0.3) is 6.43 Å². The molecule has 0 N–H and O–H groups in total. The molecule has 62 valence electrons. The summed E-state index contributed by atoms with van der Waals surface area (Å²) in [6.07, 6.45) is -2.77. The zero-order chi connectivity index (χ0) is 7.84. The Kier molecular flexibility index (Phi) is 1.52. The second kappa shape index (κ2) is 2.41. The van der Waals surface area contributed by atoms with Crippen LogP contribution in [0.4, 0.5) is 8.78 Å². The summed E-state index contributed by atoms with van der Waals surface area (Å²) < 4.78 is 29.2. The molecule has 0 spiro atoms. The van der Waals surface area contributed by atoms with Gasteiger partial charge in [-0.15, -0.1) is 0 Å². The van der Waals surface area contributed by atoms with E-state index >= 15 is 0 Å². The largest absolute Gasteiger partial charge is 0.389 e. The van der Waals surface area contributed by atoms with Crippen LogP contribution in [0.5, 0.6) is 0 Å². The third-order valence-electron chi connectivity index (χ3n) is 1.93. The summed E-state index contributed by atoms with van der Waals surface area (Å²) in [5.74, 6) is -0.310. The minimum absolute atomic E-state index is 0.160. The number of hydrogen-bond acceptors (Lipinski definition) is 3. The highest BCUT2D eigenvalue weighted by Crippen LogP contribution is 2.27. The summed E-state index contributed by atoms with van der Waals surface area (Å²) in [7, 11) is 0. The second-order valence-corrected chi connectivity index (χ2v) is 2.60. The molecule has 11 heavy (non-hydrogen) atoms. The average molecular weight is 163 g/mol. The van der Waals surface area contributed by atoms with E-state index in [1.165, 1.54) is 0 Å². The van der Waals surface area contributed by atoms with Crippen LogP contribution in [-0.2, 0) is 9.57 Å². The predicted molar refractivity (Wildman–Crippen MR) is 32.6 cm³/mol. The first-order valence-electron chi connectivity index (χ1n) is 3.38. The second-order valence-electron chi connectivity index (χ2n) is 2.60. The molecular formula is C6H7F2NO2. The van der Waals surface area contributed by atoms with E-state index in [-0.39, 0.29) is 17.7 Å². The van der Waals surface area contributed by atoms with Gasteiger partial charge in [-0.3, -0.25) is 0 Å². The van der Waals surface area contributed by atoms with Crippen LogP contribution in [0, 0.1) is 5.92 Å². The van der Waals surface area contributed by atoms with E-state index in [4.69, 9.17) is 9.57 Å². The van der Waals surface area contributed by atoms with Crippen molar-refractivity contribution in [1.82, 2.24) is 0 Å². The Morgan fingerprint density at radius 2 is 2.27 bits per heavy atom. The van der Waals surface area contributed by atoms with E-state index in [0.29, 0.717) is 13.2 Å². The number of fused-ring (bicyclic) bond motifs is 1. The Labute approximate surface area is 62.0 Å². The van der Waals surface area contributed by atoms with Gasteiger partial charge >= 0.3 is 0 Å². The number of nitrogens with zero attached hydrogens (tertiary/aromatic N) is 1. The van der Waals surface area contributed by atoms with Gasteiger partial charge in [-0.2, -0.15) is 0 Å². The van der Waals surface area contributed by atoms with Gasteiger partial charge in [0.15, 0.2) is 6.10 Å². The average Bonchev–Trinajstić information content (AvgIpc) is 2.41. The number of rotatable bonds is 1. The molecule has 2 aliphatic rings. The molecule has 3 nitrogen and oxygen atoms in total. The molecule has 0 aromatic heterocycles. The lowest BCUT2D eigenvalue weighted by atomic mass is 10.0. The van der Waals surface area contributed by atoms with E-state index in [2.05, 4.69) is 5.16 Å². The maximum absolute atomic E-state index is 12.1. The van der Waals surface area contributed by atoms with Gasteiger partial charge in [0, 0.05) is 0 Å². The molecule has 0 radical (unpaired) electrons. The van der Waals surface area contributed by atoms with Crippen molar-refractivity contribution < 1.29 is 18.4 Å². The SMILES string of the molecule is FC(F)C1=NO[C@@H]2COC[C@H]12. The van der Waals surface area contributed by atoms with Crippen LogP contribution in [-0.4, -0.2) is 31.5 Å². The molecule has 2 atom stereocenters. The zero-order valence-electron chi connectivity index (χ0n) is 5.67. The fraction of sp³-hybridized carbons (Fsp3) is 0.833. The molecule has 1 fully saturated rings. The Bertz CT molecular complexity index is 195. The first-order valence-corrected chi connectivity index (χ1v) is 3.38. The molecule has 0 bridgehead atoms. The molecule has 0 aromatic carbocycles. The maximum Gasteiger partial charge on any atom is 0.280 e. The van der Waals surface area contributed by atoms with Crippen LogP contribution in [0.2, 0.25) is 0 Å². The number of alkyl halides is 2. The lowest BCUT2D eigenvalue weighted by Crippen LogP contribution is -2.25. The highest BCUT2D eigenvalue weighted by atomic mass is 19.3. The molecule has 0 aromatic rings. The van der Waals surface area contributed by atoms with Gasteiger partial charge in [0.05, 0.1) is 19.1 Å². The molecule has 2 aliphatic heterocycles. The summed E-state index contributed by atoms with van der Waals surface area (Å²) in [5, 5.41) is 3.31. The molecule has 0 amide bonds. The smallest absolute Gasteiger partial charge is 0.280 e. The third-order valence-corrected chi connectivity index (χ3v) is 1.93. The molecule has 2 rings (SSSR count). The quantitative estimate of drug-likeness (QED) is 0.568. The highest BCUT2D eigenvalue weighted by molar-refractivity contribution is 5.91. The van der Waals surface area contributed by atoms with Crippen LogP contribution in [0.3, 0.4) is 0 Å². The summed E-state index contributed by atoms with van der Waals surface area (Å²) in [6.45, 7) is 0.693. The van der Waals surface area contributed by atoms with Crippen LogP contribution in [0.25, 0.3) is 0 Å². The van der Waals surface area contributed by atoms with E-state index < -0.39 is 6.43 Å². The summed E-state index contributed by atoms with van der Waals surface area (Å²) in [5.41, 5.74) is -0.160. The molecule has 0 aliphatic carbocycles. The number of hydrogen-bond donors (Lipinski definition) is 0. The van der Waals surface area contributed by atoms with Crippen molar-refractivity contribution >= 4 is 5.71 Å². The van der Waals surface area contributed by atoms with Gasteiger partial charge in [-0.25, -0.2) is 8.78 Å². The molecule has 0 unspecified atom stereocenters. The lowest BCUT2D eigenvalue weighted by Gasteiger charge is -2.04. The summed E-state index contributed by atoms with van der Waals surface area (Å²) >= 11 is 0. The highest BCUT2D eigenvalue weighted by Gasteiger charge is 2.42. The van der Waals surface area contributed by atoms with Gasteiger partial charge in [-0.1, -0.05) is 5.16 Å². The number of halogens is 2. The normalized spacial score (nSPS) is 35.4. The topological polar surface area (TPSA) is 30.8 Å². The molecule has 2 heterocycles. The Morgan fingerprint density at radius 3 is 3.00 bits per heavy atom. The van der Waals surface area contributed by atoms with Crippen molar-refractivity contribution in [3.05, 3.63) is 0 Å². The van der Waals surface area contributed by atoms with Crippen molar-refractivity contribution in [3.8, 4) is 0 Å². The maximum atomic E-state index is 12.1. The van der Waals surface area contributed by atoms with Crippen molar-refractivity contribution in [3.63, 3.8) is 0 Å². The van der Waals surface area contributed by atoms with Crippen molar-refractivity contribution in [2.24, 2.45) is 11.1 Å². The minimum Gasteiger partial charge on any atom is -0.389 e. The van der Waals surface area contributed by atoms with E-state index in [0.717, 1.165) is 0 Å². The molecule has 0 saturated carbocycles. The van der Waals surface area contributed by atoms with Gasteiger partial charge in [-0.05, 0) is 0 Å². The van der Waals surface area contributed by atoms with Crippen molar-refractivity contribution in [1.29, 1.82) is 0 Å². The van der Waals surface area contributed by atoms with Crippen LogP contribution < -0.4 is 0 Å². The zero-order valence-corrected chi connectivity index (χ0v) is 5.67. The van der Waals surface area contributed by atoms with Gasteiger partial charge in [0.1, 0.15) is 5.71 Å². The number of ether oxygens (including phenoxy) is 1. The first kappa shape index (κ1) is 6.97. The monoisotopic (exact) mass is 163 g/mol. The summed E-state index contributed by atoms with van der Waals surface area (Å²) in [4.78, 5) is 4.73. The fourth-order valence-corrected chi connectivity index (χ4v) is 1.31. The van der Waals surface area contributed by atoms with Crippen LogP contribution >= 0.6 is 0 Å². The Balaban J connectivity index is 2.12. The third kappa shape index (κ3) is 0.994. The predicted octanol–water partition coefficient (Wildman–Crippen LogP) is 0.653. The minimum atomic E-state index is -2.51. The fourth-order valence-electron chi connectivity index (χ4n) is 1.31. The van der Waals surface area contributed by atoms with Gasteiger partial charge < -0.3 is 9.57 Å². The van der Waals surface area contributed by atoms with Gasteiger partial charge in [0.2, 0.25) is 0 Å². The molecule has 5 heteroatoms. The molecule has 1 saturated heterocycles. The van der Waals surface area contributed by atoms with E-state index in [1.54, 1.807) is 0 Å². The Hall–Kier alpha value is -0.710.